The van der Waals surface area contributed by atoms with E-state index in [1.165, 1.54) is 6.26 Å². The summed E-state index contributed by atoms with van der Waals surface area (Å²) in [6.45, 7) is 1.85. The Morgan fingerprint density at radius 2 is 2.29 bits per heavy atom. The molecule has 2 rings (SSSR count). The lowest BCUT2D eigenvalue weighted by Gasteiger charge is -2.12. The number of amides is 2. The maximum Gasteiger partial charge on any atom is 0.319 e. The molecule has 1 aromatic carbocycles. The molecule has 6 nitrogen and oxygen atoms in total. The highest BCUT2D eigenvalue weighted by atomic mass is 16.4. The lowest BCUT2D eigenvalue weighted by atomic mass is 10.1. The largest absolute Gasteiger partial charge is 0.467 e. The highest BCUT2D eigenvalue weighted by molar-refractivity contribution is 5.90. The fourth-order valence-corrected chi connectivity index (χ4v) is 1.76. The van der Waals surface area contributed by atoms with Gasteiger partial charge in [0.15, 0.2) is 0 Å². The molecule has 0 aliphatic carbocycles. The minimum absolute atomic E-state index is 0.0241. The zero-order valence-electron chi connectivity index (χ0n) is 11.5. The molecule has 0 spiro atoms. The molecular weight excluding hydrogens is 270 g/mol. The average Bonchev–Trinajstić information content (AvgIpc) is 3.01. The van der Waals surface area contributed by atoms with Crippen LogP contribution in [0.1, 0.15) is 23.0 Å². The number of anilines is 1. The van der Waals surface area contributed by atoms with E-state index in [0.717, 1.165) is 5.56 Å². The molecule has 0 bridgehead atoms. The minimum atomic E-state index is -0.905. The second-order valence-corrected chi connectivity index (χ2v) is 4.51. The Balaban J connectivity index is 1.92. The Kier molecular flexibility index (Phi) is 4.59. The summed E-state index contributed by atoms with van der Waals surface area (Å²) in [7, 11) is 0. The SMILES string of the molecule is Cc1ccc(C#N)cc1NC(=O)NCC(O)c1ccco1. The Bertz CT molecular complexity index is 659. The topological polar surface area (TPSA) is 98.3 Å². The predicted molar refractivity (Wildman–Crippen MR) is 76.6 cm³/mol. The van der Waals surface area contributed by atoms with E-state index < -0.39 is 12.1 Å². The van der Waals surface area contributed by atoms with Crippen LogP contribution in [0, 0.1) is 18.3 Å². The zero-order chi connectivity index (χ0) is 15.2. The molecular formula is C15H15N3O3. The van der Waals surface area contributed by atoms with Gasteiger partial charge < -0.3 is 20.2 Å². The van der Waals surface area contributed by atoms with E-state index >= 15 is 0 Å². The van der Waals surface area contributed by atoms with Gasteiger partial charge >= 0.3 is 6.03 Å². The van der Waals surface area contributed by atoms with Crippen molar-refractivity contribution in [3.05, 3.63) is 53.5 Å². The summed E-state index contributed by atoms with van der Waals surface area (Å²) in [4.78, 5) is 11.8. The van der Waals surface area contributed by atoms with Crippen LogP contribution in [0.2, 0.25) is 0 Å². The summed E-state index contributed by atoms with van der Waals surface area (Å²) < 4.78 is 5.04. The van der Waals surface area contributed by atoms with Crippen molar-refractivity contribution >= 4 is 11.7 Å². The number of aryl methyl sites for hydroxylation is 1. The van der Waals surface area contributed by atoms with Crippen molar-refractivity contribution in [3.63, 3.8) is 0 Å². The van der Waals surface area contributed by atoms with Crippen LogP contribution in [-0.2, 0) is 0 Å². The standard InChI is InChI=1S/C15H15N3O3/c1-10-4-5-11(8-16)7-12(10)18-15(20)17-9-13(19)14-3-2-6-21-14/h2-7,13,19H,9H2,1H3,(H2,17,18,20). The summed E-state index contributed by atoms with van der Waals surface area (Å²) in [5, 5.41) is 23.8. The number of nitriles is 1. The van der Waals surface area contributed by atoms with Gasteiger partial charge in [-0.05, 0) is 36.8 Å². The highest BCUT2D eigenvalue weighted by Gasteiger charge is 2.12. The summed E-state index contributed by atoms with van der Waals surface area (Å²) in [5.41, 5.74) is 1.86. The van der Waals surface area contributed by atoms with E-state index in [2.05, 4.69) is 10.6 Å². The number of aliphatic hydroxyl groups is 1. The molecule has 3 N–H and O–H groups in total. The second kappa shape index (κ2) is 6.59. The molecule has 0 aliphatic rings. The number of rotatable bonds is 4. The van der Waals surface area contributed by atoms with E-state index in [-0.39, 0.29) is 6.54 Å². The number of carbonyl (C=O) groups is 1. The number of hydrogen-bond donors (Lipinski definition) is 3. The third-order valence-electron chi connectivity index (χ3n) is 2.94. The smallest absolute Gasteiger partial charge is 0.319 e. The zero-order valence-corrected chi connectivity index (χ0v) is 11.5. The van der Waals surface area contributed by atoms with Crippen LogP contribution < -0.4 is 10.6 Å². The predicted octanol–water partition coefficient (Wildman–Crippen LogP) is 2.31. The summed E-state index contributed by atoms with van der Waals surface area (Å²) >= 11 is 0. The fraction of sp³-hybridized carbons (Fsp3) is 0.200. The van der Waals surface area contributed by atoms with Gasteiger partial charge in [-0.1, -0.05) is 6.07 Å². The number of furan rings is 1. The molecule has 6 heteroatoms. The number of aliphatic hydroxyl groups excluding tert-OH is 1. The van der Waals surface area contributed by atoms with Crippen LogP contribution in [0.5, 0.6) is 0 Å². The first-order valence-corrected chi connectivity index (χ1v) is 6.37. The lowest BCUT2D eigenvalue weighted by Crippen LogP contribution is -2.32. The molecule has 0 aliphatic heterocycles. The Labute approximate surface area is 122 Å². The van der Waals surface area contributed by atoms with Crippen LogP contribution >= 0.6 is 0 Å². The first-order valence-electron chi connectivity index (χ1n) is 6.37. The Hall–Kier alpha value is -2.78. The van der Waals surface area contributed by atoms with E-state index in [1.807, 2.05) is 13.0 Å². The van der Waals surface area contributed by atoms with E-state index in [9.17, 15) is 9.90 Å². The van der Waals surface area contributed by atoms with Crippen molar-refractivity contribution in [2.75, 3.05) is 11.9 Å². The van der Waals surface area contributed by atoms with Crippen LogP contribution in [0.25, 0.3) is 0 Å². The molecule has 0 fully saturated rings. The second-order valence-electron chi connectivity index (χ2n) is 4.51. The maximum absolute atomic E-state index is 11.8. The van der Waals surface area contributed by atoms with Crippen molar-refractivity contribution in [2.45, 2.75) is 13.0 Å². The normalized spacial score (nSPS) is 11.5. The monoisotopic (exact) mass is 285 g/mol. The van der Waals surface area contributed by atoms with Crippen LogP contribution in [0.4, 0.5) is 10.5 Å². The van der Waals surface area contributed by atoms with Crippen molar-refractivity contribution < 1.29 is 14.3 Å². The quantitative estimate of drug-likeness (QED) is 0.802. The molecule has 1 heterocycles. The molecule has 0 radical (unpaired) electrons. The van der Waals surface area contributed by atoms with E-state index in [0.29, 0.717) is 17.0 Å². The van der Waals surface area contributed by atoms with Crippen molar-refractivity contribution in [1.82, 2.24) is 5.32 Å². The lowest BCUT2D eigenvalue weighted by molar-refractivity contribution is 0.149. The number of benzene rings is 1. The number of urea groups is 1. The number of carbonyl (C=O) groups excluding carboxylic acids is 1. The van der Waals surface area contributed by atoms with Gasteiger partial charge in [0.2, 0.25) is 0 Å². The summed E-state index contributed by atoms with van der Waals surface area (Å²) in [6.07, 6.45) is 0.548. The van der Waals surface area contributed by atoms with Gasteiger partial charge in [0.25, 0.3) is 0 Å². The molecule has 108 valence electrons. The molecule has 1 unspecified atom stereocenters. The Morgan fingerprint density at radius 3 is 2.95 bits per heavy atom. The third kappa shape index (κ3) is 3.84. The summed E-state index contributed by atoms with van der Waals surface area (Å²) in [6, 6.07) is 9.88. The first-order chi connectivity index (χ1) is 10.1. The van der Waals surface area contributed by atoms with E-state index in [4.69, 9.17) is 9.68 Å². The van der Waals surface area contributed by atoms with Gasteiger partial charge in [-0.15, -0.1) is 0 Å². The molecule has 1 aromatic heterocycles. The maximum atomic E-state index is 11.8. The summed E-state index contributed by atoms with van der Waals surface area (Å²) in [5.74, 6) is 0.387. The number of nitrogens with one attached hydrogen (secondary N) is 2. The minimum Gasteiger partial charge on any atom is -0.467 e. The van der Waals surface area contributed by atoms with Crippen molar-refractivity contribution in [2.24, 2.45) is 0 Å². The van der Waals surface area contributed by atoms with Crippen LogP contribution in [0.3, 0.4) is 0 Å². The van der Waals surface area contributed by atoms with Crippen LogP contribution in [0.15, 0.2) is 41.0 Å². The van der Waals surface area contributed by atoms with Gasteiger partial charge in [-0.25, -0.2) is 4.79 Å². The first kappa shape index (κ1) is 14.6. The van der Waals surface area contributed by atoms with Crippen molar-refractivity contribution in [3.8, 4) is 6.07 Å². The Morgan fingerprint density at radius 1 is 1.48 bits per heavy atom. The molecule has 1 atom stereocenters. The molecule has 0 saturated heterocycles. The third-order valence-corrected chi connectivity index (χ3v) is 2.94. The van der Waals surface area contributed by atoms with Gasteiger partial charge in [0.1, 0.15) is 11.9 Å². The number of nitrogens with zero attached hydrogens (tertiary/aromatic N) is 1. The fourth-order valence-electron chi connectivity index (χ4n) is 1.76. The van der Waals surface area contributed by atoms with Crippen molar-refractivity contribution in [1.29, 1.82) is 5.26 Å². The number of hydrogen-bond acceptors (Lipinski definition) is 4. The van der Waals surface area contributed by atoms with E-state index in [1.54, 1.807) is 30.3 Å². The van der Waals surface area contributed by atoms with Gasteiger partial charge in [-0.3, -0.25) is 0 Å². The van der Waals surface area contributed by atoms with Gasteiger partial charge in [0, 0.05) is 5.69 Å². The molecule has 2 amide bonds. The van der Waals surface area contributed by atoms with Crippen LogP contribution in [-0.4, -0.2) is 17.7 Å². The molecule has 2 aromatic rings. The molecule has 0 saturated carbocycles. The average molecular weight is 285 g/mol. The molecule has 21 heavy (non-hydrogen) atoms. The van der Waals surface area contributed by atoms with Gasteiger partial charge in [-0.2, -0.15) is 5.26 Å². The highest BCUT2D eigenvalue weighted by Crippen LogP contribution is 2.16. The van der Waals surface area contributed by atoms with Gasteiger partial charge in [0.05, 0.1) is 24.4 Å².